The predicted octanol–water partition coefficient (Wildman–Crippen LogP) is 1.87. The average Bonchev–Trinajstić information content (AvgIpc) is 2.32. The van der Waals surface area contributed by atoms with Crippen LogP contribution in [0.4, 0.5) is 17.6 Å². The molecule has 6 nitrogen and oxygen atoms in total. The summed E-state index contributed by atoms with van der Waals surface area (Å²) in [6.07, 6.45) is 0. The molecule has 0 aliphatic carbocycles. The molecule has 0 spiro atoms. The van der Waals surface area contributed by atoms with Gasteiger partial charge in [0, 0.05) is 0 Å². The fraction of sp³-hybridized carbons (Fsp3) is 0.417. The summed E-state index contributed by atoms with van der Waals surface area (Å²) in [6, 6.07) is 0. The van der Waals surface area contributed by atoms with Crippen LogP contribution in [0.5, 0.6) is 5.75 Å². The van der Waals surface area contributed by atoms with Gasteiger partial charge in [0.15, 0.2) is 24.0 Å². The van der Waals surface area contributed by atoms with Crippen molar-refractivity contribution in [2.75, 3.05) is 6.61 Å². The quantitative estimate of drug-likeness (QED) is 0.353. The van der Waals surface area contributed by atoms with Crippen molar-refractivity contribution in [3.05, 3.63) is 23.3 Å². The third-order valence-electron chi connectivity index (χ3n) is 2.19. The first-order valence-corrected chi connectivity index (χ1v) is 7.33. The van der Waals surface area contributed by atoms with Gasteiger partial charge in [0.2, 0.25) is 11.6 Å². The van der Waals surface area contributed by atoms with Crippen LogP contribution in [-0.2, 0) is 19.6 Å². The predicted molar refractivity (Wildman–Crippen MR) is 65.6 cm³/mol. The lowest BCUT2D eigenvalue weighted by atomic mass is 10.2. The van der Waals surface area contributed by atoms with Gasteiger partial charge in [-0.3, -0.25) is 0 Å². The normalized spacial score (nSPS) is 12.2. The molecule has 0 aliphatic rings. The van der Waals surface area contributed by atoms with Crippen molar-refractivity contribution < 1.29 is 44.8 Å². The van der Waals surface area contributed by atoms with E-state index in [4.69, 9.17) is 4.74 Å². The Bertz CT molecular complexity index is 710. The second kappa shape index (κ2) is 6.32. The van der Waals surface area contributed by atoms with Gasteiger partial charge in [0.25, 0.3) is 0 Å². The SMILES string of the molecule is CC(C)(C)OC(=O)COc1c(F)c(F)c(S(=O)(=O)[O-])c(F)c1F. The number of carbonyl (C=O) groups is 1. The summed E-state index contributed by atoms with van der Waals surface area (Å²) in [5.74, 6) is -12.2. The minimum Gasteiger partial charge on any atom is -0.744 e. The molecule has 23 heavy (non-hydrogen) atoms. The van der Waals surface area contributed by atoms with Gasteiger partial charge in [-0.05, 0) is 20.8 Å². The van der Waals surface area contributed by atoms with E-state index in [1.54, 1.807) is 0 Å². The number of carbonyl (C=O) groups excluding carboxylic acids is 1. The maximum absolute atomic E-state index is 13.6. The minimum atomic E-state index is -5.81. The molecule has 0 aromatic heterocycles. The van der Waals surface area contributed by atoms with Crippen LogP contribution in [0.25, 0.3) is 0 Å². The Labute approximate surface area is 128 Å². The first-order valence-electron chi connectivity index (χ1n) is 5.92. The fourth-order valence-electron chi connectivity index (χ4n) is 1.44. The van der Waals surface area contributed by atoms with Crippen LogP contribution in [0.2, 0.25) is 0 Å². The van der Waals surface area contributed by atoms with Crippen LogP contribution >= 0.6 is 0 Å². The molecular formula is C12H11F4O6S-. The third kappa shape index (κ3) is 4.55. The van der Waals surface area contributed by atoms with Gasteiger partial charge in [-0.2, -0.15) is 8.78 Å². The maximum Gasteiger partial charge on any atom is 0.344 e. The largest absolute Gasteiger partial charge is 0.744 e. The Kier molecular flexibility index (Phi) is 5.27. The van der Waals surface area contributed by atoms with Crippen molar-refractivity contribution in [1.29, 1.82) is 0 Å². The summed E-state index contributed by atoms with van der Waals surface area (Å²) in [6.45, 7) is 3.35. The topological polar surface area (TPSA) is 92.7 Å². The van der Waals surface area contributed by atoms with Crippen LogP contribution in [0.1, 0.15) is 20.8 Å². The summed E-state index contributed by atoms with van der Waals surface area (Å²) in [5.41, 5.74) is -0.950. The molecule has 130 valence electrons. The summed E-state index contributed by atoms with van der Waals surface area (Å²) >= 11 is 0. The van der Waals surface area contributed by atoms with Crippen LogP contribution < -0.4 is 4.74 Å². The standard InChI is InChI=1S/C12H12F4O6S/c1-12(2,3)22-5(17)4-21-10-6(13)8(15)11(23(18,19)20)9(16)7(10)14/h4H2,1-3H3,(H,18,19,20)/p-1. The maximum atomic E-state index is 13.6. The molecule has 0 N–H and O–H groups in total. The van der Waals surface area contributed by atoms with Crippen molar-refractivity contribution >= 4 is 16.1 Å². The molecule has 0 saturated carbocycles. The van der Waals surface area contributed by atoms with Gasteiger partial charge in [-0.1, -0.05) is 0 Å². The van der Waals surface area contributed by atoms with E-state index in [0.29, 0.717) is 0 Å². The lowest BCUT2D eigenvalue weighted by molar-refractivity contribution is -0.157. The van der Waals surface area contributed by atoms with E-state index in [2.05, 4.69) is 4.74 Å². The highest BCUT2D eigenvalue weighted by Gasteiger charge is 2.30. The van der Waals surface area contributed by atoms with Crippen molar-refractivity contribution in [3.8, 4) is 5.75 Å². The molecular weight excluding hydrogens is 348 g/mol. The first kappa shape index (κ1) is 19.2. The van der Waals surface area contributed by atoms with E-state index in [9.17, 15) is 35.3 Å². The van der Waals surface area contributed by atoms with E-state index in [-0.39, 0.29) is 0 Å². The van der Waals surface area contributed by atoms with Crippen molar-refractivity contribution in [2.45, 2.75) is 31.3 Å². The summed E-state index contributed by atoms with van der Waals surface area (Å²) in [4.78, 5) is 9.02. The van der Waals surface area contributed by atoms with E-state index >= 15 is 0 Å². The molecule has 0 heterocycles. The van der Waals surface area contributed by atoms with Gasteiger partial charge in [-0.15, -0.1) is 0 Å². The Hall–Kier alpha value is -1.88. The molecule has 0 saturated heterocycles. The van der Waals surface area contributed by atoms with Gasteiger partial charge < -0.3 is 14.0 Å². The van der Waals surface area contributed by atoms with Gasteiger partial charge in [-0.25, -0.2) is 22.0 Å². The second-order valence-corrected chi connectivity index (χ2v) is 6.56. The molecule has 1 aromatic rings. The lowest BCUT2D eigenvalue weighted by Crippen LogP contribution is -2.27. The van der Waals surface area contributed by atoms with Crippen LogP contribution in [0, 0.1) is 23.3 Å². The van der Waals surface area contributed by atoms with E-state index < -0.39 is 62.2 Å². The van der Waals surface area contributed by atoms with Crippen LogP contribution in [0.3, 0.4) is 0 Å². The summed E-state index contributed by atoms with van der Waals surface area (Å²) < 4.78 is 94.9. The lowest BCUT2D eigenvalue weighted by Gasteiger charge is -2.20. The van der Waals surface area contributed by atoms with E-state index in [0.717, 1.165) is 0 Å². The fourth-order valence-corrected chi connectivity index (χ4v) is 2.06. The molecule has 11 heteroatoms. The Balaban J connectivity index is 3.19. The number of esters is 1. The van der Waals surface area contributed by atoms with Gasteiger partial charge in [0.1, 0.15) is 20.6 Å². The molecule has 0 radical (unpaired) electrons. The number of ether oxygens (including phenoxy) is 2. The highest BCUT2D eigenvalue weighted by atomic mass is 32.2. The third-order valence-corrected chi connectivity index (χ3v) is 3.05. The van der Waals surface area contributed by atoms with Crippen molar-refractivity contribution in [1.82, 2.24) is 0 Å². The number of benzene rings is 1. The van der Waals surface area contributed by atoms with Gasteiger partial charge >= 0.3 is 5.97 Å². The molecule has 0 unspecified atom stereocenters. The minimum absolute atomic E-state index is 0.950. The Morgan fingerprint density at radius 2 is 1.48 bits per heavy atom. The zero-order chi connectivity index (χ0) is 18.2. The zero-order valence-corrected chi connectivity index (χ0v) is 12.9. The average molecular weight is 359 g/mol. The Morgan fingerprint density at radius 1 is 1.04 bits per heavy atom. The highest BCUT2D eigenvalue weighted by molar-refractivity contribution is 7.85. The molecule has 0 bridgehead atoms. The van der Waals surface area contributed by atoms with E-state index in [1.807, 2.05) is 0 Å². The number of hydrogen-bond acceptors (Lipinski definition) is 6. The molecule has 0 atom stereocenters. The number of hydrogen-bond donors (Lipinski definition) is 0. The van der Waals surface area contributed by atoms with Crippen molar-refractivity contribution in [3.63, 3.8) is 0 Å². The molecule has 0 fully saturated rings. The molecule has 1 aromatic carbocycles. The monoisotopic (exact) mass is 359 g/mol. The molecule has 1 rings (SSSR count). The van der Waals surface area contributed by atoms with Crippen LogP contribution in [0.15, 0.2) is 4.90 Å². The van der Waals surface area contributed by atoms with Crippen LogP contribution in [-0.4, -0.2) is 31.1 Å². The Morgan fingerprint density at radius 3 is 1.83 bits per heavy atom. The molecule has 0 aliphatic heterocycles. The highest BCUT2D eigenvalue weighted by Crippen LogP contribution is 2.32. The first-order chi connectivity index (χ1) is 10.3. The van der Waals surface area contributed by atoms with Crippen molar-refractivity contribution in [2.24, 2.45) is 0 Å². The zero-order valence-electron chi connectivity index (χ0n) is 12.1. The molecule has 0 amide bonds. The smallest absolute Gasteiger partial charge is 0.344 e. The summed E-state index contributed by atoms with van der Waals surface area (Å²) in [5, 5.41) is 0. The number of rotatable bonds is 4. The summed E-state index contributed by atoms with van der Waals surface area (Å²) in [7, 11) is -5.81. The number of halogens is 4. The van der Waals surface area contributed by atoms with E-state index in [1.165, 1.54) is 20.8 Å². The van der Waals surface area contributed by atoms with Gasteiger partial charge in [0.05, 0.1) is 0 Å². The second-order valence-electron chi connectivity index (χ2n) is 5.24.